The lowest BCUT2D eigenvalue weighted by atomic mass is 10.1. The number of rotatable bonds is 9. The van der Waals surface area contributed by atoms with Crippen molar-refractivity contribution in [3.05, 3.63) is 83.9 Å². The molecule has 8 nitrogen and oxygen atoms in total. The van der Waals surface area contributed by atoms with Gasteiger partial charge in [0.15, 0.2) is 22.5 Å². The summed E-state index contributed by atoms with van der Waals surface area (Å²) in [5.41, 5.74) is 7.11. The highest BCUT2D eigenvalue weighted by molar-refractivity contribution is 7.99. The topological polar surface area (TPSA) is 90.6 Å². The van der Waals surface area contributed by atoms with Crippen LogP contribution in [0.15, 0.2) is 83.1 Å². The number of nitrogens with zero attached hydrogens (tertiary/aromatic N) is 4. The maximum atomic E-state index is 12.6. The summed E-state index contributed by atoms with van der Waals surface area (Å²) in [5.74, 6) is 1.81. The fourth-order valence-corrected chi connectivity index (χ4v) is 4.24. The van der Waals surface area contributed by atoms with Crippen LogP contribution in [0.5, 0.6) is 11.5 Å². The molecule has 1 N–H and O–H groups in total. The van der Waals surface area contributed by atoms with Crippen LogP contribution >= 0.6 is 11.8 Å². The van der Waals surface area contributed by atoms with Crippen molar-refractivity contribution in [2.45, 2.75) is 19.0 Å². The van der Waals surface area contributed by atoms with Crippen LogP contribution in [0, 0.1) is 6.92 Å². The van der Waals surface area contributed by atoms with E-state index in [-0.39, 0.29) is 11.7 Å². The zero-order valence-corrected chi connectivity index (χ0v) is 21.4. The molecule has 0 saturated carbocycles. The lowest BCUT2D eigenvalue weighted by Crippen LogP contribution is -2.21. The third-order valence-corrected chi connectivity index (χ3v) is 6.37. The molecule has 184 valence electrons. The van der Waals surface area contributed by atoms with Gasteiger partial charge in [-0.15, -0.1) is 10.2 Å². The van der Waals surface area contributed by atoms with Crippen molar-refractivity contribution in [2.75, 3.05) is 20.0 Å². The van der Waals surface area contributed by atoms with Gasteiger partial charge in [0.1, 0.15) is 0 Å². The highest BCUT2D eigenvalue weighted by atomic mass is 32.2. The molecule has 1 heterocycles. The van der Waals surface area contributed by atoms with E-state index in [1.807, 2.05) is 85.1 Å². The third kappa shape index (κ3) is 5.75. The molecule has 0 atom stereocenters. The molecule has 0 radical (unpaired) electrons. The van der Waals surface area contributed by atoms with Crippen LogP contribution in [-0.2, 0) is 4.79 Å². The Morgan fingerprint density at radius 2 is 1.69 bits per heavy atom. The fraction of sp³-hybridized carbons (Fsp3) is 0.185. The number of carbonyl (C=O) groups is 1. The van der Waals surface area contributed by atoms with Gasteiger partial charge < -0.3 is 9.47 Å². The number of hydrogen-bond acceptors (Lipinski definition) is 7. The van der Waals surface area contributed by atoms with Crippen molar-refractivity contribution < 1.29 is 14.3 Å². The SMILES string of the molecule is COc1ccc(/C(C)=N/NC(=O)CSc2nnc(-c3ccc(C)cc3)n2-c2ccccc2)cc1OC. The highest BCUT2D eigenvalue weighted by Crippen LogP contribution is 2.29. The van der Waals surface area contributed by atoms with Crippen molar-refractivity contribution in [3.63, 3.8) is 0 Å². The largest absolute Gasteiger partial charge is 0.493 e. The lowest BCUT2D eigenvalue weighted by Gasteiger charge is -2.10. The molecule has 0 spiro atoms. The first-order valence-corrected chi connectivity index (χ1v) is 12.2. The molecule has 0 saturated heterocycles. The monoisotopic (exact) mass is 501 g/mol. The first-order chi connectivity index (χ1) is 17.5. The second-order valence-electron chi connectivity index (χ2n) is 7.93. The van der Waals surface area contributed by atoms with Crippen LogP contribution in [0.4, 0.5) is 0 Å². The second-order valence-corrected chi connectivity index (χ2v) is 8.88. The van der Waals surface area contributed by atoms with E-state index in [4.69, 9.17) is 9.47 Å². The molecular formula is C27H27N5O3S. The van der Waals surface area contributed by atoms with Crippen LogP contribution in [0.3, 0.4) is 0 Å². The van der Waals surface area contributed by atoms with Crippen molar-refractivity contribution >= 4 is 23.4 Å². The number of nitrogens with one attached hydrogen (secondary N) is 1. The number of thioether (sulfide) groups is 1. The summed E-state index contributed by atoms with van der Waals surface area (Å²) in [6, 6.07) is 23.4. The van der Waals surface area contributed by atoms with Crippen molar-refractivity contribution in [2.24, 2.45) is 5.10 Å². The van der Waals surface area contributed by atoms with Gasteiger partial charge >= 0.3 is 0 Å². The van der Waals surface area contributed by atoms with E-state index in [1.54, 1.807) is 20.3 Å². The van der Waals surface area contributed by atoms with Crippen molar-refractivity contribution in [1.82, 2.24) is 20.2 Å². The summed E-state index contributed by atoms with van der Waals surface area (Å²) in [5, 5.41) is 13.7. The molecule has 1 amide bonds. The molecule has 0 bridgehead atoms. The van der Waals surface area contributed by atoms with Gasteiger partial charge in [0.05, 0.1) is 25.7 Å². The number of ether oxygens (including phenoxy) is 2. The summed E-state index contributed by atoms with van der Waals surface area (Å²) in [7, 11) is 3.16. The van der Waals surface area contributed by atoms with Crippen LogP contribution in [0.2, 0.25) is 0 Å². The van der Waals surface area contributed by atoms with Gasteiger partial charge in [0, 0.05) is 16.8 Å². The minimum atomic E-state index is -0.251. The van der Waals surface area contributed by atoms with Crippen LogP contribution in [0.25, 0.3) is 17.1 Å². The summed E-state index contributed by atoms with van der Waals surface area (Å²) < 4.78 is 12.6. The Morgan fingerprint density at radius 1 is 0.972 bits per heavy atom. The molecule has 4 rings (SSSR count). The van der Waals surface area contributed by atoms with Crippen molar-refractivity contribution in [3.8, 4) is 28.6 Å². The summed E-state index contributed by atoms with van der Waals surface area (Å²) in [4.78, 5) is 12.6. The van der Waals surface area contributed by atoms with Crippen LogP contribution in [0.1, 0.15) is 18.1 Å². The van der Waals surface area contributed by atoms with E-state index in [0.717, 1.165) is 16.8 Å². The molecule has 0 aliphatic carbocycles. The molecular weight excluding hydrogens is 474 g/mol. The smallest absolute Gasteiger partial charge is 0.250 e. The van der Waals surface area contributed by atoms with E-state index in [2.05, 4.69) is 20.7 Å². The number of benzene rings is 3. The number of methoxy groups -OCH3 is 2. The average Bonchev–Trinajstić information content (AvgIpc) is 3.35. The van der Waals surface area contributed by atoms with Gasteiger partial charge in [0.25, 0.3) is 5.91 Å². The molecule has 1 aromatic heterocycles. The minimum absolute atomic E-state index is 0.127. The van der Waals surface area contributed by atoms with Gasteiger partial charge in [-0.1, -0.05) is 59.8 Å². The van der Waals surface area contributed by atoms with Gasteiger partial charge in [-0.25, -0.2) is 5.43 Å². The van der Waals surface area contributed by atoms with Gasteiger partial charge in [-0.05, 0) is 44.2 Å². The van der Waals surface area contributed by atoms with E-state index < -0.39 is 0 Å². The summed E-state index contributed by atoms with van der Waals surface area (Å²) in [6.45, 7) is 3.86. The Balaban J connectivity index is 1.49. The molecule has 0 aliphatic rings. The Morgan fingerprint density at radius 3 is 2.39 bits per heavy atom. The summed E-state index contributed by atoms with van der Waals surface area (Å²) >= 11 is 1.30. The van der Waals surface area contributed by atoms with E-state index in [1.165, 1.54) is 17.3 Å². The minimum Gasteiger partial charge on any atom is -0.493 e. The fourth-order valence-electron chi connectivity index (χ4n) is 3.50. The second kappa shape index (κ2) is 11.5. The number of hydrazone groups is 1. The van der Waals surface area contributed by atoms with E-state index in [9.17, 15) is 4.79 Å². The van der Waals surface area contributed by atoms with Crippen molar-refractivity contribution in [1.29, 1.82) is 0 Å². The quantitative estimate of drug-likeness (QED) is 0.199. The maximum absolute atomic E-state index is 12.6. The maximum Gasteiger partial charge on any atom is 0.250 e. The Hall–Kier alpha value is -4.11. The molecule has 0 fully saturated rings. The van der Waals surface area contributed by atoms with Gasteiger partial charge in [-0.3, -0.25) is 9.36 Å². The molecule has 9 heteroatoms. The van der Waals surface area contributed by atoms with E-state index in [0.29, 0.717) is 28.2 Å². The Labute approximate surface area is 214 Å². The predicted molar refractivity (Wildman–Crippen MR) is 142 cm³/mol. The molecule has 36 heavy (non-hydrogen) atoms. The number of para-hydroxylation sites is 1. The number of carbonyl (C=O) groups excluding carboxylic acids is 1. The standard InChI is InChI=1S/C27H27N5O3S/c1-18-10-12-20(13-11-18)26-30-31-27(32(26)22-8-6-5-7-9-22)36-17-25(33)29-28-19(2)21-14-15-23(34-3)24(16-21)35-4/h5-16H,17H2,1-4H3,(H,29,33)/b28-19+. The number of aromatic nitrogens is 3. The molecule has 4 aromatic rings. The van der Waals surface area contributed by atoms with Gasteiger partial charge in [0.2, 0.25) is 0 Å². The number of aryl methyl sites for hydroxylation is 1. The first kappa shape index (κ1) is 25.0. The normalized spacial score (nSPS) is 11.3. The zero-order chi connectivity index (χ0) is 25.5. The van der Waals surface area contributed by atoms with E-state index >= 15 is 0 Å². The number of amides is 1. The molecule has 3 aromatic carbocycles. The molecule has 0 unspecified atom stereocenters. The highest BCUT2D eigenvalue weighted by Gasteiger charge is 2.17. The Kier molecular flexibility index (Phi) is 8.02. The Bertz CT molecular complexity index is 1370. The summed E-state index contributed by atoms with van der Waals surface area (Å²) in [6.07, 6.45) is 0. The zero-order valence-electron chi connectivity index (χ0n) is 20.6. The first-order valence-electron chi connectivity index (χ1n) is 11.3. The predicted octanol–water partition coefficient (Wildman–Crippen LogP) is 4.89. The van der Waals surface area contributed by atoms with Crippen LogP contribution in [-0.4, -0.2) is 46.4 Å². The third-order valence-electron chi connectivity index (χ3n) is 5.44. The molecule has 0 aliphatic heterocycles. The van der Waals surface area contributed by atoms with Crippen LogP contribution < -0.4 is 14.9 Å². The lowest BCUT2D eigenvalue weighted by molar-refractivity contribution is -0.118. The number of hydrogen-bond donors (Lipinski definition) is 1. The average molecular weight is 502 g/mol. The van der Waals surface area contributed by atoms with Gasteiger partial charge in [-0.2, -0.15) is 5.10 Å².